The SMILES string of the molecule is NC(=O)N(CCc1ccc(Cl)cc1)c1c(-c2cccc3c4c(ccc23)C2=C(CC4)C(O)CC=C2)ccc2ccccc12. The molecule has 0 fully saturated rings. The van der Waals surface area contributed by atoms with E-state index in [0.717, 1.165) is 62.5 Å². The Hall–Kier alpha value is -4.38. The second kappa shape index (κ2) is 10.8. The fourth-order valence-electron chi connectivity index (χ4n) is 6.73. The average Bonchev–Trinajstić information content (AvgIpc) is 3.01. The number of aliphatic hydroxyl groups excluding tert-OH is 1. The van der Waals surface area contributed by atoms with Crippen molar-refractivity contribution >= 4 is 50.4 Å². The monoisotopic (exact) mass is 570 g/mol. The summed E-state index contributed by atoms with van der Waals surface area (Å²) >= 11 is 6.11. The Kier molecular flexibility index (Phi) is 6.81. The number of carbonyl (C=O) groups is 1. The fourth-order valence-corrected chi connectivity index (χ4v) is 6.86. The zero-order valence-electron chi connectivity index (χ0n) is 23.2. The number of aliphatic hydroxyl groups is 1. The smallest absolute Gasteiger partial charge is 0.319 e. The van der Waals surface area contributed by atoms with Crippen molar-refractivity contribution in [2.75, 3.05) is 11.4 Å². The Labute approximate surface area is 250 Å². The molecule has 2 aliphatic carbocycles. The molecule has 0 bridgehead atoms. The minimum absolute atomic E-state index is 0.395. The molecule has 42 heavy (non-hydrogen) atoms. The summed E-state index contributed by atoms with van der Waals surface area (Å²) in [6, 6.07) is 30.4. The van der Waals surface area contributed by atoms with E-state index in [1.807, 2.05) is 36.4 Å². The zero-order chi connectivity index (χ0) is 28.8. The van der Waals surface area contributed by atoms with Crippen LogP contribution in [0.1, 0.15) is 29.5 Å². The van der Waals surface area contributed by atoms with Crippen LogP contribution in [-0.4, -0.2) is 23.8 Å². The Balaban J connectivity index is 1.40. The van der Waals surface area contributed by atoms with E-state index in [4.69, 9.17) is 17.3 Å². The van der Waals surface area contributed by atoms with Gasteiger partial charge in [0.15, 0.2) is 0 Å². The maximum Gasteiger partial charge on any atom is 0.319 e. The molecule has 1 unspecified atom stereocenters. The molecule has 0 aromatic heterocycles. The highest BCUT2D eigenvalue weighted by atomic mass is 35.5. The molecule has 0 saturated carbocycles. The molecule has 0 spiro atoms. The number of urea groups is 1. The minimum atomic E-state index is -0.485. The van der Waals surface area contributed by atoms with Crippen LogP contribution in [0.25, 0.3) is 38.2 Å². The van der Waals surface area contributed by atoms with E-state index in [-0.39, 0.29) is 0 Å². The lowest BCUT2D eigenvalue weighted by Gasteiger charge is -2.29. The summed E-state index contributed by atoms with van der Waals surface area (Å²) < 4.78 is 0. The van der Waals surface area contributed by atoms with Gasteiger partial charge in [-0.15, -0.1) is 0 Å². The van der Waals surface area contributed by atoms with Crippen molar-refractivity contribution in [2.45, 2.75) is 31.8 Å². The Morgan fingerprint density at radius 1 is 0.833 bits per heavy atom. The van der Waals surface area contributed by atoms with Crippen LogP contribution >= 0.6 is 11.6 Å². The molecule has 2 aliphatic rings. The van der Waals surface area contributed by atoms with Crippen LogP contribution in [0.5, 0.6) is 0 Å². The molecule has 5 heteroatoms. The number of benzene rings is 5. The van der Waals surface area contributed by atoms with E-state index in [1.165, 1.54) is 16.5 Å². The first-order valence-electron chi connectivity index (χ1n) is 14.5. The minimum Gasteiger partial charge on any atom is -0.388 e. The molecule has 4 nitrogen and oxygen atoms in total. The number of primary amides is 1. The number of allylic oxidation sites excluding steroid dienone is 2. The highest BCUT2D eigenvalue weighted by molar-refractivity contribution is 6.30. The van der Waals surface area contributed by atoms with Gasteiger partial charge in [0.05, 0.1) is 11.8 Å². The molecule has 0 aliphatic heterocycles. The van der Waals surface area contributed by atoms with Gasteiger partial charge in [-0.3, -0.25) is 4.90 Å². The highest BCUT2D eigenvalue weighted by Crippen LogP contribution is 2.44. The van der Waals surface area contributed by atoms with Crippen LogP contribution in [0, 0.1) is 0 Å². The van der Waals surface area contributed by atoms with Crippen LogP contribution in [0.15, 0.2) is 109 Å². The maximum atomic E-state index is 13.1. The molecule has 0 saturated heterocycles. The van der Waals surface area contributed by atoms with Gasteiger partial charge in [-0.2, -0.15) is 0 Å². The van der Waals surface area contributed by atoms with Crippen molar-refractivity contribution in [1.82, 2.24) is 0 Å². The summed E-state index contributed by atoms with van der Waals surface area (Å²) in [5.41, 5.74) is 14.9. The largest absolute Gasteiger partial charge is 0.388 e. The summed E-state index contributed by atoms with van der Waals surface area (Å²) in [6.45, 7) is 0.434. The van der Waals surface area contributed by atoms with Crippen LogP contribution in [0.4, 0.5) is 10.5 Å². The normalized spacial score (nSPS) is 16.0. The van der Waals surface area contributed by atoms with E-state index in [9.17, 15) is 9.90 Å². The van der Waals surface area contributed by atoms with Crippen LogP contribution < -0.4 is 10.6 Å². The lowest BCUT2D eigenvalue weighted by molar-refractivity contribution is 0.209. The van der Waals surface area contributed by atoms with Crippen LogP contribution in [0.3, 0.4) is 0 Å². The summed E-state index contributed by atoms with van der Waals surface area (Å²) in [5, 5.41) is 15.7. The molecule has 1 atom stereocenters. The fraction of sp³-hybridized carbons (Fsp3) is 0.162. The first-order chi connectivity index (χ1) is 20.5. The second-order valence-corrected chi connectivity index (χ2v) is 11.6. The van der Waals surface area contributed by atoms with Crippen molar-refractivity contribution < 1.29 is 9.90 Å². The molecule has 0 radical (unpaired) electrons. The van der Waals surface area contributed by atoms with E-state index in [1.54, 1.807) is 4.90 Å². The number of carbonyl (C=O) groups excluding carboxylic acids is 1. The average molecular weight is 571 g/mol. The van der Waals surface area contributed by atoms with Gasteiger partial charge in [0.1, 0.15) is 0 Å². The number of hydrogen-bond acceptors (Lipinski definition) is 2. The van der Waals surface area contributed by atoms with Gasteiger partial charge in [-0.1, -0.05) is 103 Å². The van der Waals surface area contributed by atoms with E-state index in [0.29, 0.717) is 24.4 Å². The number of hydrogen-bond donors (Lipinski definition) is 2. The molecule has 208 valence electrons. The number of fused-ring (bicyclic) bond motifs is 5. The quantitative estimate of drug-likeness (QED) is 0.222. The van der Waals surface area contributed by atoms with Crippen molar-refractivity contribution in [1.29, 1.82) is 0 Å². The lowest BCUT2D eigenvalue weighted by atomic mass is 9.78. The van der Waals surface area contributed by atoms with Crippen molar-refractivity contribution in [2.24, 2.45) is 5.73 Å². The van der Waals surface area contributed by atoms with E-state index < -0.39 is 12.1 Å². The standard InChI is InChI=1S/C37H31ClN2O2/c38-25-14-11-23(12-15-25)21-22-40(37(39)42)36-26-6-2-1-5-24(26)13-16-34(36)29-8-3-7-27-30(29)17-18-32-28-9-4-10-35(41)33(28)20-19-31(27)32/h1-9,11-18,35,41H,10,19-22H2,(H2,39,42). The van der Waals surface area contributed by atoms with Crippen LogP contribution in [0.2, 0.25) is 5.02 Å². The van der Waals surface area contributed by atoms with E-state index in [2.05, 4.69) is 66.7 Å². The number of nitrogens with two attached hydrogens (primary N) is 1. The number of halogens is 1. The lowest BCUT2D eigenvalue weighted by Crippen LogP contribution is -2.37. The molecular weight excluding hydrogens is 540 g/mol. The van der Waals surface area contributed by atoms with Crippen LogP contribution in [-0.2, 0) is 12.8 Å². The zero-order valence-corrected chi connectivity index (χ0v) is 23.9. The molecule has 2 amide bonds. The van der Waals surface area contributed by atoms with Gasteiger partial charge in [0, 0.05) is 22.5 Å². The summed E-state index contributed by atoms with van der Waals surface area (Å²) in [4.78, 5) is 14.8. The first kappa shape index (κ1) is 26.5. The predicted octanol–water partition coefficient (Wildman–Crippen LogP) is 8.46. The highest BCUT2D eigenvalue weighted by Gasteiger charge is 2.27. The molecule has 7 rings (SSSR count). The number of rotatable bonds is 5. The third-order valence-corrected chi connectivity index (χ3v) is 9.02. The summed E-state index contributed by atoms with van der Waals surface area (Å²) in [7, 11) is 0. The maximum absolute atomic E-state index is 13.1. The molecule has 3 N–H and O–H groups in total. The molecular formula is C37H31ClN2O2. The van der Waals surface area contributed by atoms with Gasteiger partial charge in [-0.05, 0) is 87.4 Å². The van der Waals surface area contributed by atoms with Gasteiger partial charge >= 0.3 is 6.03 Å². The van der Waals surface area contributed by atoms with Crippen molar-refractivity contribution in [3.05, 3.63) is 130 Å². The van der Waals surface area contributed by atoms with Crippen molar-refractivity contribution in [3.63, 3.8) is 0 Å². The van der Waals surface area contributed by atoms with Crippen molar-refractivity contribution in [3.8, 4) is 11.1 Å². The topological polar surface area (TPSA) is 66.6 Å². The Bertz CT molecular complexity index is 1920. The van der Waals surface area contributed by atoms with Gasteiger partial charge < -0.3 is 10.8 Å². The number of anilines is 1. The first-order valence-corrected chi connectivity index (χ1v) is 14.8. The molecule has 5 aromatic rings. The predicted molar refractivity (Wildman–Crippen MR) is 174 cm³/mol. The van der Waals surface area contributed by atoms with Gasteiger partial charge in [-0.25, -0.2) is 4.79 Å². The number of nitrogens with zero attached hydrogens (tertiary/aromatic N) is 1. The van der Waals surface area contributed by atoms with Gasteiger partial charge in [0.25, 0.3) is 0 Å². The third-order valence-electron chi connectivity index (χ3n) is 8.76. The van der Waals surface area contributed by atoms with Gasteiger partial charge in [0.2, 0.25) is 0 Å². The number of aryl methyl sites for hydroxylation is 1. The third kappa shape index (κ3) is 4.57. The summed E-state index contributed by atoms with van der Waals surface area (Å²) in [5.74, 6) is 0. The Morgan fingerprint density at radius 3 is 2.45 bits per heavy atom. The summed E-state index contributed by atoms with van der Waals surface area (Å²) in [6.07, 6.45) is 6.92. The van der Waals surface area contributed by atoms with E-state index >= 15 is 0 Å². The Morgan fingerprint density at radius 2 is 1.62 bits per heavy atom. The molecule has 5 aromatic carbocycles. The molecule has 0 heterocycles. The number of amides is 2. The second-order valence-electron chi connectivity index (χ2n) is 11.1.